The minimum atomic E-state index is -0.593. The van der Waals surface area contributed by atoms with Crippen molar-refractivity contribution in [2.24, 2.45) is 0 Å². The first-order valence-electron chi connectivity index (χ1n) is 4.31. The third kappa shape index (κ3) is 2.73. The molecule has 0 aliphatic carbocycles. The summed E-state index contributed by atoms with van der Waals surface area (Å²) in [5, 5.41) is 11.6. The van der Waals surface area contributed by atoms with Gasteiger partial charge in [-0.15, -0.1) is 0 Å². The monoisotopic (exact) mass is 185 g/mol. The van der Waals surface area contributed by atoms with Crippen molar-refractivity contribution in [2.75, 3.05) is 13.2 Å². The number of hydrogen-bond acceptors (Lipinski definition) is 3. The van der Waals surface area contributed by atoms with Crippen LogP contribution in [0.3, 0.4) is 0 Å². The maximum Gasteiger partial charge on any atom is 0.286 e. The Morgan fingerprint density at radius 1 is 1.77 bits per heavy atom. The van der Waals surface area contributed by atoms with Crippen molar-refractivity contribution < 1.29 is 14.6 Å². The standard InChI is InChI=1S/C9H15NO3/c1-9(2,6-11)10-8(12)7-4-3-5-13-7/h4,11H,3,5-6H2,1-2H3,(H,10,12). The molecule has 13 heavy (non-hydrogen) atoms. The second-order valence-corrected chi connectivity index (χ2v) is 3.70. The molecule has 1 rings (SSSR count). The number of nitrogens with one attached hydrogen (secondary N) is 1. The lowest BCUT2D eigenvalue weighted by Crippen LogP contribution is -2.46. The van der Waals surface area contributed by atoms with Gasteiger partial charge in [-0.25, -0.2) is 0 Å². The molecule has 74 valence electrons. The van der Waals surface area contributed by atoms with Gasteiger partial charge in [0, 0.05) is 6.42 Å². The lowest BCUT2D eigenvalue weighted by atomic mass is 10.1. The molecule has 0 saturated carbocycles. The zero-order valence-corrected chi connectivity index (χ0v) is 7.96. The van der Waals surface area contributed by atoms with Gasteiger partial charge in [-0.1, -0.05) is 0 Å². The first kappa shape index (κ1) is 10.1. The van der Waals surface area contributed by atoms with Gasteiger partial charge in [0.2, 0.25) is 0 Å². The van der Waals surface area contributed by atoms with E-state index in [9.17, 15) is 4.79 Å². The van der Waals surface area contributed by atoms with Crippen molar-refractivity contribution in [3.63, 3.8) is 0 Å². The molecular formula is C9H15NO3. The molecule has 2 N–H and O–H groups in total. The summed E-state index contributed by atoms with van der Waals surface area (Å²) in [5.74, 6) is 0.109. The second-order valence-electron chi connectivity index (χ2n) is 3.70. The fourth-order valence-electron chi connectivity index (χ4n) is 0.985. The zero-order valence-electron chi connectivity index (χ0n) is 7.96. The van der Waals surface area contributed by atoms with Crippen LogP contribution < -0.4 is 5.32 Å². The van der Waals surface area contributed by atoms with Gasteiger partial charge in [-0.3, -0.25) is 4.79 Å². The molecule has 4 nitrogen and oxygen atoms in total. The van der Waals surface area contributed by atoms with Crippen molar-refractivity contribution in [1.29, 1.82) is 0 Å². The first-order chi connectivity index (χ1) is 6.05. The van der Waals surface area contributed by atoms with Crippen LogP contribution >= 0.6 is 0 Å². The molecule has 0 aromatic heterocycles. The van der Waals surface area contributed by atoms with Crippen molar-refractivity contribution in [3.8, 4) is 0 Å². The molecule has 0 spiro atoms. The van der Waals surface area contributed by atoms with Crippen LogP contribution in [0.2, 0.25) is 0 Å². The smallest absolute Gasteiger partial charge is 0.286 e. The SMILES string of the molecule is CC(C)(CO)NC(=O)C1=CCCO1. The number of ether oxygens (including phenoxy) is 1. The van der Waals surface area contributed by atoms with E-state index in [4.69, 9.17) is 9.84 Å². The quantitative estimate of drug-likeness (QED) is 0.659. The Balaban J connectivity index is 2.50. The molecule has 1 aliphatic heterocycles. The predicted molar refractivity (Wildman–Crippen MR) is 48.0 cm³/mol. The summed E-state index contributed by atoms with van der Waals surface area (Å²) in [5.41, 5.74) is -0.593. The molecule has 1 amide bonds. The Kier molecular flexibility index (Phi) is 2.93. The molecule has 0 unspecified atom stereocenters. The lowest BCUT2D eigenvalue weighted by Gasteiger charge is -2.23. The molecule has 1 aliphatic rings. The highest BCUT2D eigenvalue weighted by Gasteiger charge is 2.23. The summed E-state index contributed by atoms with van der Waals surface area (Å²) in [6.07, 6.45) is 2.53. The third-order valence-corrected chi connectivity index (χ3v) is 1.78. The van der Waals surface area contributed by atoms with Crippen molar-refractivity contribution in [1.82, 2.24) is 5.32 Å². The number of rotatable bonds is 3. The van der Waals surface area contributed by atoms with Crippen molar-refractivity contribution in [3.05, 3.63) is 11.8 Å². The van der Waals surface area contributed by atoms with E-state index >= 15 is 0 Å². The highest BCUT2D eigenvalue weighted by atomic mass is 16.5. The number of aliphatic hydroxyl groups is 1. The largest absolute Gasteiger partial charge is 0.488 e. The van der Waals surface area contributed by atoms with Crippen LogP contribution in [-0.4, -0.2) is 29.8 Å². The van der Waals surface area contributed by atoms with E-state index in [0.717, 1.165) is 6.42 Å². The third-order valence-electron chi connectivity index (χ3n) is 1.78. The molecule has 0 bridgehead atoms. The van der Waals surface area contributed by atoms with Gasteiger partial charge in [0.1, 0.15) is 0 Å². The van der Waals surface area contributed by atoms with Crippen molar-refractivity contribution in [2.45, 2.75) is 25.8 Å². The van der Waals surface area contributed by atoms with Crippen LogP contribution in [0.15, 0.2) is 11.8 Å². The van der Waals surface area contributed by atoms with E-state index in [1.807, 2.05) is 0 Å². The maximum atomic E-state index is 11.4. The van der Waals surface area contributed by atoms with E-state index in [2.05, 4.69) is 5.32 Å². The van der Waals surface area contributed by atoms with E-state index in [0.29, 0.717) is 12.4 Å². The molecule has 0 saturated heterocycles. The molecule has 0 fully saturated rings. The average Bonchev–Trinajstić information content (AvgIpc) is 2.55. The Morgan fingerprint density at radius 3 is 2.92 bits per heavy atom. The van der Waals surface area contributed by atoms with Gasteiger partial charge >= 0.3 is 0 Å². The number of carbonyl (C=O) groups is 1. The average molecular weight is 185 g/mol. The second kappa shape index (κ2) is 3.79. The molecule has 0 aromatic carbocycles. The molecular weight excluding hydrogens is 170 g/mol. The Hall–Kier alpha value is -1.03. The highest BCUT2D eigenvalue weighted by molar-refractivity contribution is 5.92. The molecule has 4 heteroatoms. The molecule has 0 aromatic rings. The van der Waals surface area contributed by atoms with Gasteiger partial charge in [0.05, 0.1) is 18.8 Å². The van der Waals surface area contributed by atoms with Crippen LogP contribution in [0.25, 0.3) is 0 Å². The zero-order chi connectivity index (χ0) is 9.90. The van der Waals surface area contributed by atoms with Crippen LogP contribution in [0, 0.1) is 0 Å². The van der Waals surface area contributed by atoms with Gasteiger partial charge < -0.3 is 15.2 Å². The number of amides is 1. The predicted octanol–water partition coefficient (Wildman–Crippen LogP) is 0.178. The van der Waals surface area contributed by atoms with Crippen LogP contribution in [-0.2, 0) is 9.53 Å². The number of hydrogen-bond donors (Lipinski definition) is 2. The molecule has 0 atom stereocenters. The van der Waals surface area contributed by atoms with Gasteiger partial charge in [-0.05, 0) is 19.9 Å². The number of aliphatic hydroxyl groups excluding tert-OH is 1. The maximum absolute atomic E-state index is 11.4. The van der Waals surface area contributed by atoms with Crippen LogP contribution in [0.1, 0.15) is 20.3 Å². The summed E-state index contributed by atoms with van der Waals surface area (Å²) in [6.45, 7) is 3.98. The lowest BCUT2D eigenvalue weighted by molar-refractivity contribution is -0.122. The Bertz CT molecular complexity index is 233. The molecule has 0 radical (unpaired) electrons. The van der Waals surface area contributed by atoms with Gasteiger partial charge in [0.15, 0.2) is 5.76 Å². The summed E-state index contributed by atoms with van der Waals surface area (Å²) in [7, 11) is 0. The minimum Gasteiger partial charge on any atom is -0.488 e. The first-order valence-corrected chi connectivity index (χ1v) is 4.31. The normalized spacial score (nSPS) is 16.4. The van der Waals surface area contributed by atoms with Gasteiger partial charge in [-0.2, -0.15) is 0 Å². The summed E-state index contributed by atoms with van der Waals surface area (Å²) < 4.78 is 5.07. The summed E-state index contributed by atoms with van der Waals surface area (Å²) in [6, 6.07) is 0. The van der Waals surface area contributed by atoms with Crippen LogP contribution in [0.5, 0.6) is 0 Å². The highest BCUT2D eigenvalue weighted by Crippen LogP contribution is 2.10. The Morgan fingerprint density at radius 2 is 2.46 bits per heavy atom. The minimum absolute atomic E-state index is 0.0913. The fourth-order valence-corrected chi connectivity index (χ4v) is 0.985. The van der Waals surface area contributed by atoms with Crippen molar-refractivity contribution >= 4 is 5.91 Å². The number of carbonyl (C=O) groups excluding carboxylic acids is 1. The van der Waals surface area contributed by atoms with E-state index < -0.39 is 5.54 Å². The summed E-state index contributed by atoms with van der Waals surface area (Å²) in [4.78, 5) is 11.4. The topological polar surface area (TPSA) is 58.6 Å². The van der Waals surface area contributed by atoms with Gasteiger partial charge in [0.25, 0.3) is 5.91 Å². The fraction of sp³-hybridized carbons (Fsp3) is 0.667. The van der Waals surface area contributed by atoms with E-state index in [1.54, 1.807) is 19.9 Å². The summed E-state index contributed by atoms with van der Waals surface area (Å²) >= 11 is 0. The van der Waals surface area contributed by atoms with E-state index in [1.165, 1.54) is 0 Å². The Labute approximate surface area is 77.6 Å². The van der Waals surface area contributed by atoms with Crippen LogP contribution in [0.4, 0.5) is 0 Å². The van der Waals surface area contributed by atoms with E-state index in [-0.39, 0.29) is 12.5 Å². The molecule has 1 heterocycles.